The maximum Gasteiger partial charge on any atom is 0.253 e. The number of carbonyl (C=O) groups is 3. The lowest BCUT2D eigenvalue weighted by Gasteiger charge is -2.37. The van der Waals surface area contributed by atoms with E-state index in [1.807, 2.05) is 49.4 Å². The summed E-state index contributed by atoms with van der Waals surface area (Å²) in [7, 11) is 0. The van der Waals surface area contributed by atoms with Gasteiger partial charge in [0.15, 0.2) is 0 Å². The summed E-state index contributed by atoms with van der Waals surface area (Å²) in [6, 6.07) is 12.7. The first-order valence-electron chi connectivity index (χ1n) is 13.9. The summed E-state index contributed by atoms with van der Waals surface area (Å²) in [4.78, 5) is 47.1. The van der Waals surface area contributed by atoms with Crippen LogP contribution in [-0.2, 0) is 19.1 Å². The standard InChI is InChI=1S/C31H36BrN3O5/c1-4-13-33(14-5-2)28(37)24-25-29(38)35(16-17-36)27(31(25)19-23(32)26(24)40-31)30(39)34(15-6-3)22-12-11-20-9-7-8-10-21(20)18-22/h4,6-12,18,23-27,36H,1,3,5,13-17,19H2,2H3/t23?,24-,25-,26-,27?,31?/m0/s1. The number of halogens is 1. The predicted octanol–water partition coefficient (Wildman–Crippen LogP) is 3.52. The Kier molecular flexibility index (Phi) is 8.17. The van der Waals surface area contributed by atoms with Crippen LogP contribution in [0.25, 0.3) is 10.8 Å². The molecule has 40 heavy (non-hydrogen) atoms. The van der Waals surface area contributed by atoms with Gasteiger partial charge in [0.1, 0.15) is 11.6 Å². The molecule has 0 saturated carbocycles. The molecule has 8 nitrogen and oxygen atoms in total. The average Bonchev–Trinajstić information content (AvgIpc) is 3.54. The number of hydrogen-bond donors (Lipinski definition) is 1. The Morgan fingerprint density at radius 3 is 2.55 bits per heavy atom. The van der Waals surface area contributed by atoms with E-state index in [2.05, 4.69) is 29.1 Å². The van der Waals surface area contributed by atoms with Gasteiger partial charge in [-0.05, 0) is 35.7 Å². The fraction of sp³-hybridized carbons (Fsp3) is 0.452. The predicted molar refractivity (Wildman–Crippen MR) is 158 cm³/mol. The summed E-state index contributed by atoms with van der Waals surface area (Å²) in [6.07, 6.45) is 3.97. The van der Waals surface area contributed by atoms with E-state index in [1.54, 1.807) is 22.0 Å². The second-order valence-corrected chi connectivity index (χ2v) is 11.9. The van der Waals surface area contributed by atoms with Gasteiger partial charge in [-0.2, -0.15) is 0 Å². The van der Waals surface area contributed by atoms with Crippen LogP contribution in [0.15, 0.2) is 67.8 Å². The lowest BCUT2D eigenvalue weighted by atomic mass is 9.70. The molecular weight excluding hydrogens is 574 g/mol. The van der Waals surface area contributed by atoms with E-state index in [1.165, 1.54) is 4.90 Å². The molecule has 1 spiro atoms. The molecule has 5 rings (SSSR count). The fourth-order valence-electron chi connectivity index (χ4n) is 6.91. The smallest absolute Gasteiger partial charge is 0.253 e. The first kappa shape index (κ1) is 28.5. The Morgan fingerprint density at radius 2 is 1.88 bits per heavy atom. The first-order valence-corrected chi connectivity index (χ1v) is 14.8. The maximum atomic E-state index is 14.5. The molecule has 3 heterocycles. The van der Waals surface area contributed by atoms with E-state index in [0.717, 1.165) is 17.2 Å². The molecule has 2 aromatic carbocycles. The molecule has 3 fully saturated rings. The number of hydrogen-bond acceptors (Lipinski definition) is 5. The summed E-state index contributed by atoms with van der Waals surface area (Å²) in [6.45, 7) is 10.5. The Bertz CT molecular complexity index is 1330. The van der Waals surface area contributed by atoms with Crippen molar-refractivity contribution >= 4 is 50.1 Å². The van der Waals surface area contributed by atoms with Crippen molar-refractivity contribution in [1.29, 1.82) is 0 Å². The summed E-state index contributed by atoms with van der Waals surface area (Å²) in [5.41, 5.74) is -0.513. The number of benzene rings is 2. The Morgan fingerprint density at radius 1 is 1.15 bits per heavy atom. The number of aliphatic hydroxyl groups is 1. The zero-order valence-electron chi connectivity index (χ0n) is 22.7. The summed E-state index contributed by atoms with van der Waals surface area (Å²) in [5.74, 6) is -2.34. The number of amides is 3. The van der Waals surface area contributed by atoms with Gasteiger partial charge in [0.2, 0.25) is 11.8 Å². The van der Waals surface area contributed by atoms with Crippen LogP contribution in [0, 0.1) is 11.8 Å². The monoisotopic (exact) mass is 609 g/mol. The second kappa shape index (κ2) is 11.5. The quantitative estimate of drug-likeness (QED) is 0.311. The first-order chi connectivity index (χ1) is 19.3. The van der Waals surface area contributed by atoms with E-state index in [0.29, 0.717) is 25.2 Å². The number of ether oxygens (including phenoxy) is 1. The summed E-state index contributed by atoms with van der Waals surface area (Å²) >= 11 is 3.72. The molecule has 0 aliphatic carbocycles. The Hall–Kier alpha value is -3.01. The number of likely N-dealkylation sites (tertiary alicyclic amines) is 1. The molecule has 9 heteroatoms. The van der Waals surface area contributed by atoms with Crippen molar-refractivity contribution in [2.45, 2.75) is 42.3 Å². The molecule has 2 bridgehead atoms. The van der Waals surface area contributed by atoms with Gasteiger partial charge in [-0.25, -0.2) is 0 Å². The highest BCUT2D eigenvalue weighted by atomic mass is 79.9. The molecule has 6 atom stereocenters. The SMILES string of the molecule is C=CCN(CCC)C(=O)[C@H]1[C@H]2C(=O)N(CCO)C(C(=O)N(CC=C)c3ccc4ccccc4c3)C23CC(Br)[C@@H]1O3. The molecule has 3 amide bonds. The molecule has 3 aliphatic rings. The van der Waals surface area contributed by atoms with Crippen LogP contribution in [0.4, 0.5) is 5.69 Å². The molecule has 212 valence electrons. The van der Waals surface area contributed by atoms with Crippen molar-refractivity contribution in [2.24, 2.45) is 11.8 Å². The molecule has 3 saturated heterocycles. The molecule has 3 aliphatic heterocycles. The van der Waals surface area contributed by atoms with Gasteiger partial charge in [0.05, 0.1) is 24.5 Å². The minimum atomic E-state index is -1.19. The van der Waals surface area contributed by atoms with Crippen molar-refractivity contribution in [1.82, 2.24) is 9.80 Å². The van der Waals surface area contributed by atoms with Gasteiger partial charge in [0.25, 0.3) is 5.91 Å². The molecule has 0 aromatic heterocycles. The highest BCUT2D eigenvalue weighted by Gasteiger charge is 2.76. The van der Waals surface area contributed by atoms with Crippen molar-refractivity contribution in [3.8, 4) is 0 Å². The fourth-order valence-corrected chi connectivity index (χ4v) is 7.85. The maximum absolute atomic E-state index is 14.5. The van der Waals surface area contributed by atoms with Crippen LogP contribution in [-0.4, -0.2) is 88.0 Å². The topological polar surface area (TPSA) is 90.4 Å². The van der Waals surface area contributed by atoms with Gasteiger partial charge in [-0.3, -0.25) is 14.4 Å². The Balaban J connectivity index is 1.57. The minimum absolute atomic E-state index is 0.0274. The number of β-amino-alcohol motifs (C(OH)–C–C–N with tert-alkyl or cyclic N) is 1. The van der Waals surface area contributed by atoms with Crippen molar-refractivity contribution in [3.05, 3.63) is 67.8 Å². The van der Waals surface area contributed by atoms with E-state index >= 15 is 0 Å². The minimum Gasteiger partial charge on any atom is -0.395 e. The zero-order valence-corrected chi connectivity index (χ0v) is 24.3. The van der Waals surface area contributed by atoms with Crippen LogP contribution < -0.4 is 4.90 Å². The van der Waals surface area contributed by atoms with E-state index in [9.17, 15) is 19.5 Å². The number of nitrogens with zero attached hydrogens (tertiary/aromatic N) is 3. The van der Waals surface area contributed by atoms with Gasteiger partial charge >= 0.3 is 0 Å². The van der Waals surface area contributed by atoms with Crippen molar-refractivity contribution < 1.29 is 24.2 Å². The van der Waals surface area contributed by atoms with Gasteiger partial charge in [0, 0.05) is 36.7 Å². The van der Waals surface area contributed by atoms with Gasteiger partial charge in [-0.15, -0.1) is 13.2 Å². The van der Waals surface area contributed by atoms with Crippen LogP contribution in [0.3, 0.4) is 0 Å². The third-order valence-corrected chi connectivity index (χ3v) is 9.27. The van der Waals surface area contributed by atoms with Gasteiger partial charge < -0.3 is 24.5 Å². The van der Waals surface area contributed by atoms with Crippen LogP contribution in [0.5, 0.6) is 0 Å². The van der Waals surface area contributed by atoms with E-state index in [-0.39, 0.29) is 42.2 Å². The lowest BCUT2D eigenvalue weighted by molar-refractivity contribution is -0.145. The number of rotatable bonds is 11. The van der Waals surface area contributed by atoms with E-state index < -0.39 is 29.6 Å². The summed E-state index contributed by atoms with van der Waals surface area (Å²) in [5, 5.41) is 12.0. The normalized spacial score (nSPS) is 28.5. The van der Waals surface area contributed by atoms with Crippen molar-refractivity contribution in [2.75, 3.05) is 37.7 Å². The number of fused-ring (bicyclic) bond motifs is 2. The average molecular weight is 611 g/mol. The molecule has 3 unspecified atom stereocenters. The molecule has 1 N–H and O–H groups in total. The van der Waals surface area contributed by atoms with Crippen LogP contribution >= 0.6 is 15.9 Å². The number of alkyl halides is 1. The number of carbonyl (C=O) groups excluding carboxylic acids is 3. The number of anilines is 1. The second-order valence-electron chi connectivity index (χ2n) is 10.8. The van der Waals surface area contributed by atoms with E-state index in [4.69, 9.17) is 4.74 Å². The lowest BCUT2D eigenvalue weighted by Crippen LogP contribution is -2.57. The van der Waals surface area contributed by atoms with Crippen LogP contribution in [0.2, 0.25) is 0 Å². The third kappa shape index (κ3) is 4.48. The third-order valence-electron chi connectivity index (χ3n) is 8.43. The zero-order chi connectivity index (χ0) is 28.6. The van der Waals surface area contributed by atoms with Crippen molar-refractivity contribution in [3.63, 3.8) is 0 Å². The molecule has 0 radical (unpaired) electrons. The molecular formula is C31H36BrN3O5. The highest BCUT2D eigenvalue weighted by molar-refractivity contribution is 9.09. The highest BCUT2D eigenvalue weighted by Crippen LogP contribution is 2.60. The summed E-state index contributed by atoms with van der Waals surface area (Å²) < 4.78 is 6.61. The number of aliphatic hydroxyl groups excluding tert-OH is 1. The van der Waals surface area contributed by atoms with Crippen LogP contribution in [0.1, 0.15) is 19.8 Å². The Labute approximate surface area is 243 Å². The van der Waals surface area contributed by atoms with Gasteiger partial charge in [-0.1, -0.05) is 65.3 Å². The molecule has 2 aromatic rings. The largest absolute Gasteiger partial charge is 0.395 e.